The van der Waals surface area contributed by atoms with Gasteiger partial charge in [-0.05, 0) is 49.2 Å². The van der Waals surface area contributed by atoms with Crippen molar-refractivity contribution in [1.82, 2.24) is 0 Å². The molecule has 4 aliphatic rings. The van der Waals surface area contributed by atoms with Gasteiger partial charge >= 0.3 is 17.9 Å². The Morgan fingerprint density at radius 2 is 1.69 bits per heavy atom. The number of esters is 3. The highest BCUT2D eigenvalue weighted by Gasteiger charge is 2.78. The maximum atomic E-state index is 15.6. The quantitative estimate of drug-likeness (QED) is 0.164. The van der Waals surface area contributed by atoms with Gasteiger partial charge in [0, 0.05) is 32.1 Å². The Balaban J connectivity index is 1.88. The van der Waals surface area contributed by atoms with Crippen molar-refractivity contribution < 1.29 is 57.2 Å². The lowest BCUT2D eigenvalue weighted by atomic mass is 9.44. The summed E-state index contributed by atoms with van der Waals surface area (Å²) in [4.78, 5) is 55.2. The van der Waals surface area contributed by atoms with E-state index in [1.54, 1.807) is 27.7 Å². The number of carbonyl (C=O) groups excluding carboxylic acids is 4. The van der Waals surface area contributed by atoms with E-state index in [0.717, 1.165) is 18.1 Å². The van der Waals surface area contributed by atoms with Crippen LogP contribution in [0.15, 0.2) is 34.2 Å². The van der Waals surface area contributed by atoms with Crippen molar-refractivity contribution in [3.63, 3.8) is 0 Å². The number of ketones is 1. The molecule has 12 nitrogen and oxygen atoms in total. The van der Waals surface area contributed by atoms with Crippen molar-refractivity contribution in [2.24, 2.45) is 16.7 Å². The van der Waals surface area contributed by atoms with Gasteiger partial charge in [0.15, 0.2) is 25.8 Å². The van der Waals surface area contributed by atoms with Gasteiger partial charge < -0.3 is 38.0 Å². The Kier molecular flexibility index (Phi) is 9.48. The molecule has 5 rings (SSSR count). The Morgan fingerprint density at radius 1 is 1.04 bits per heavy atom. The number of hydrogen-bond donors (Lipinski definition) is 2. The minimum atomic E-state index is -2.48. The third-order valence-corrected chi connectivity index (χ3v) is 16.9. The number of fused-ring (bicyclic) bond motifs is 5. The van der Waals surface area contributed by atoms with Gasteiger partial charge in [0.2, 0.25) is 0 Å². The van der Waals surface area contributed by atoms with Crippen LogP contribution < -0.4 is 0 Å². The maximum absolute atomic E-state index is 15.6. The highest BCUT2D eigenvalue weighted by molar-refractivity contribution is 6.73. The molecule has 2 N–H and O–H groups in total. The number of aliphatic hydroxyl groups is 2. The van der Waals surface area contributed by atoms with Crippen LogP contribution >= 0.6 is 0 Å². The summed E-state index contributed by atoms with van der Waals surface area (Å²) in [6.07, 6.45) is -3.63. The molecule has 0 aromatic carbocycles. The molecule has 2 saturated carbocycles. The number of carbonyl (C=O) groups is 4. The van der Waals surface area contributed by atoms with Crippen LogP contribution in [0.1, 0.15) is 85.5 Å². The zero-order valence-corrected chi connectivity index (χ0v) is 30.4. The molecule has 0 radical (unpaired) electrons. The molecule has 0 spiro atoms. The van der Waals surface area contributed by atoms with E-state index in [-0.39, 0.29) is 30.6 Å². The third kappa shape index (κ3) is 5.23. The summed E-state index contributed by atoms with van der Waals surface area (Å²) in [6, 6.07) is 3.68. The van der Waals surface area contributed by atoms with Gasteiger partial charge in [0.25, 0.3) is 0 Å². The summed E-state index contributed by atoms with van der Waals surface area (Å²) in [5.74, 6) is -4.05. The molecule has 48 heavy (non-hydrogen) atoms. The first-order chi connectivity index (χ1) is 22.4. The highest BCUT2D eigenvalue weighted by atomic mass is 28.4. The average molecular weight is 691 g/mol. The van der Waals surface area contributed by atoms with Crippen LogP contribution in [0.2, 0.25) is 18.1 Å². The first-order valence-electron chi connectivity index (χ1n) is 16.9. The lowest BCUT2D eigenvalue weighted by Crippen LogP contribution is -2.82. The molecule has 266 valence electrons. The van der Waals surface area contributed by atoms with Crippen LogP contribution in [0, 0.1) is 16.7 Å². The first kappa shape index (κ1) is 36.4. The normalized spacial score (nSPS) is 37.3. The fourth-order valence-electron chi connectivity index (χ4n) is 9.16. The number of ether oxygens (including phenoxy) is 4. The molecule has 1 saturated heterocycles. The SMILES string of the molecule is CC[Si](CC)(CC)O[C@H]1C[C@H]2OC[C@@]2(OC(C)=O)[C@H]2[C@H](OC(=O)c3ccoc3)[C@]3(O)C[C@H](O)C(C)=C([C@@H](OC(C)=O)C(=O)[C@]12C)C3(C)C. The van der Waals surface area contributed by atoms with Crippen LogP contribution in [0.5, 0.6) is 0 Å². The summed E-state index contributed by atoms with van der Waals surface area (Å²) in [5.41, 5.74) is -6.06. The molecular weight excluding hydrogens is 640 g/mol. The van der Waals surface area contributed by atoms with E-state index in [1.807, 2.05) is 0 Å². The molecular formula is C35H50O12Si. The highest BCUT2D eigenvalue weighted by Crippen LogP contribution is 2.65. The summed E-state index contributed by atoms with van der Waals surface area (Å²) < 4.78 is 36.8. The van der Waals surface area contributed by atoms with Crippen molar-refractivity contribution in [1.29, 1.82) is 0 Å². The molecule has 13 heteroatoms. The molecule has 2 heterocycles. The van der Waals surface area contributed by atoms with Crippen molar-refractivity contribution in [3.8, 4) is 0 Å². The Labute approximate surface area is 282 Å². The van der Waals surface area contributed by atoms with Gasteiger partial charge in [-0.2, -0.15) is 0 Å². The first-order valence-corrected chi connectivity index (χ1v) is 19.5. The lowest BCUT2D eigenvalue weighted by Gasteiger charge is -2.68. The van der Waals surface area contributed by atoms with Crippen LogP contribution in [-0.4, -0.2) is 90.6 Å². The zero-order chi connectivity index (χ0) is 35.6. The van der Waals surface area contributed by atoms with Gasteiger partial charge in [-0.3, -0.25) is 14.4 Å². The lowest BCUT2D eigenvalue weighted by molar-refractivity contribution is -0.344. The van der Waals surface area contributed by atoms with E-state index in [9.17, 15) is 24.6 Å². The topological polar surface area (TPSA) is 168 Å². The van der Waals surface area contributed by atoms with E-state index in [0.29, 0.717) is 5.57 Å². The molecule has 1 aromatic rings. The molecule has 1 aromatic heterocycles. The summed E-state index contributed by atoms with van der Waals surface area (Å²) in [6.45, 7) is 15.2. The van der Waals surface area contributed by atoms with Gasteiger partial charge in [-0.1, -0.05) is 34.6 Å². The van der Waals surface area contributed by atoms with Gasteiger partial charge in [-0.25, -0.2) is 4.79 Å². The fourth-order valence-corrected chi connectivity index (χ4v) is 12.1. The molecule has 0 unspecified atom stereocenters. The molecule has 3 fully saturated rings. The smallest absolute Gasteiger partial charge is 0.341 e. The fraction of sp³-hybridized carbons (Fsp3) is 0.714. The van der Waals surface area contributed by atoms with Crippen molar-refractivity contribution in [3.05, 3.63) is 35.3 Å². The maximum Gasteiger partial charge on any atom is 0.341 e. The summed E-state index contributed by atoms with van der Waals surface area (Å²) in [5, 5.41) is 24.7. The molecule has 2 bridgehead atoms. The third-order valence-electron chi connectivity index (χ3n) is 12.2. The van der Waals surface area contributed by atoms with Crippen molar-refractivity contribution >= 4 is 32.0 Å². The second kappa shape index (κ2) is 12.5. The Hall–Kier alpha value is -2.84. The predicted molar refractivity (Wildman–Crippen MR) is 173 cm³/mol. The number of rotatable bonds is 9. The van der Waals surface area contributed by atoms with E-state index in [2.05, 4.69) is 20.8 Å². The standard InChI is InChI=1S/C35H50O12Si/c1-10-48(11-2,12-3)47-24-15-25-34(18-43-25,46-21(6)37)28-30(45-31(40)22-13-14-42-17-22)35(41)16-23(38)19(4)26(32(35,7)8)27(44-20(5)36)29(39)33(24,28)9/h13-14,17,23-25,27-28,30,38,41H,10-12,15-16,18H2,1-9H3/t23-,24-,25+,27+,28-,30-,33+,34-,35+/m0/s1. The molecule has 9 atom stereocenters. The molecule has 3 aliphatic carbocycles. The van der Waals surface area contributed by atoms with Gasteiger partial charge in [0.1, 0.15) is 24.1 Å². The van der Waals surface area contributed by atoms with E-state index < -0.39 is 90.5 Å². The van der Waals surface area contributed by atoms with Crippen molar-refractivity contribution in [2.75, 3.05) is 6.61 Å². The Bertz CT molecular complexity index is 1470. The van der Waals surface area contributed by atoms with E-state index in [1.165, 1.54) is 32.4 Å². The average Bonchev–Trinajstić information content (AvgIpc) is 3.56. The zero-order valence-electron chi connectivity index (χ0n) is 29.4. The second-order valence-corrected chi connectivity index (χ2v) is 19.5. The van der Waals surface area contributed by atoms with Crippen LogP contribution in [0.3, 0.4) is 0 Å². The summed E-state index contributed by atoms with van der Waals surface area (Å²) in [7, 11) is -2.48. The van der Waals surface area contributed by atoms with E-state index in [4.69, 9.17) is 27.8 Å². The van der Waals surface area contributed by atoms with Gasteiger partial charge in [0.05, 0.1) is 42.0 Å². The van der Waals surface area contributed by atoms with E-state index >= 15 is 4.79 Å². The number of aliphatic hydroxyl groups excluding tert-OH is 1. The minimum Gasteiger partial charge on any atom is -0.472 e. The Morgan fingerprint density at radius 3 is 2.19 bits per heavy atom. The molecule has 1 aliphatic heterocycles. The number of hydrogen-bond acceptors (Lipinski definition) is 12. The monoisotopic (exact) mass is 690 g/mol. The predicted octanol–water partition coefficient (Wildman–Crippen LogP) is 4.28. The van der Waals surface area contributed by atoms with Crippen LogP contribution in [0.25, 0.3) is 0 Å². The van der Waals surface area contributed by atoms with Gasteiger partial charge in [-0.15, -0.1) is 0 Å². The largest absolute Gasteiger partial charge is 0.472 e. The minimum absolute atomic E-state index is 0.0634. The van der Waals surface area contributed by atoms with Crippen LogP contribution in [0.4, 0.5) is 0 Å². The van der Waals surface area contributed by atoms with Crippen molar-refractivity contribution in [2.45, 2.75) is 135 Å². The second-order valence-electron chi connectivity index (χ2n) is 14.8. The number of furan rings is 1. The van der Waals surface area contributed by atoms with Crippen LogP contribution in [-0.2, 0) is 37.8 Å². The molecule has 0 amide bonds. The number of Topliss-reactive ketones (excluding diaryl/α,β-unsaturated/α-hetero) is 1. The summed E-state index contributed by atoms with van der Waals surface area (Å²) >= 11 is 0.